The topological polar surface area (TPSA) is 87.8 Å². The first kappa shape index (κ1) is 16.7. The highest BCUT2D eigenvalue weighted by Gasteiger charge is 2.34. The van der Waals surface area contributed by atoms with Crippen LogP contribution in [0.5, 0.6) is 0 Å². The van der Waals surface area contributed by atoms with Gasteiger partial charge in [-0.05, 0) is 19.8 Å². The van der Waals surface area contributed by atoms with Crippen LogP contribution in [-0.4, -0.2) is 36.9 Å². The lowest BCUT2D eigenvalue weighted by Gasteiger charge is -2.22. The van der Waals surface area contributed by atoms with Gasteiger partial charge in [0, 0.05) is 13.1 Å². The molecule has 0 spiro atoms. The molecule has 20 heavy (non-hydrogen) atoms. The SMILES string of the molecule is CCN(CC(C)C)S(=O)(=O)c1c(C)oc(C)c1C(=O)O. The predicted molar refractivity (Wildman–Crippen MR) is 74.4 cm³/mol. The van der Waals surface area contributed by atoms with Gasteiger partial charge in [-0.3, -0.25) is 0 Å². The minimum atomic E-state index is -3.87. The average Bonchev–Trinajstić information content (AvgIpc) is 2.61. The molecule has 0 amide bonds. The van der Waals surface area contributed by atoms with Gasteiger partial charge in [-0.1, -0.05) is 20.8 Å². The molecule has 7 heteroatoms. The number of rotatable bonds is 6. The fraction of sp³-hybridized carbons (Fsp3) is 0.615. The summed E-state index contributed by atoms with van der Waals surface area (Å²) in [6.07, 6.45) is 0. The Morgan fingerprint density at radius 2 is 1.85 bits per heavy atom. The normalized spacial score (nSPS) is 12.3. The average molecular weight is 303 g/mol. The van der Waals surface area contributed by atoms with E-state index in [0.29, 0.717) is 6.54 Å². The molecule has 0 aromatic carbocycles. The van der Waals surface area contributed by atoms with E-state index in [4.69, 9.17) is 4.42 Å². The number of carbonyl (C=O) groups is 1. The van der Waals surface area contributed by atoms with E-state index in [1.807, 2.05) is 13.8 Å². The molecule has 0 aliphatic rings. The highest BCUT2D eigenvalue weighted by molar-refractivity contribution is 7.89. The highest BCUT2D eigenvalue weighted by atomic mass is 32.2. The van der Waals surface area contributed by atoms with Crippen LogP contribution in [0.2, 0.25) is 0 Å². The van der Waals surface area contributed by atoms with Gasteiger partial charge in [0.1, 0.15) is 22.0 Å². The van der Waals surface area contributed by atoms with Gasteiger partial charge in [0.15, 0.2) is 0 Å². The van der Waals surface area contributed by atoms with Crippen LogP contribution in [0.25, 0.3) is 0 Å². The Bertz CT molecular complexity index is 601. The van der Waals surface area contributed by atoms with Crippen molar-refractivity contribution in [2.75, 3.05) is 13.1 Å². The minimum absolute atomic E-state index is 0.106. The van der Waals surface area contributed by atoms with Crippen LogP contribution in [-0.2, 0) is 10.0 Å². The van der Waals surface area contributed by atoms with Crippen molar-refractivity contribution in [1.29, 1.82) is 0 Å². The molecular formula is C13H21NO5S. The number of carboxylic acid groups (broad SMARTS) is 1. The summed E-state index contributed by atoms with van der Waals surface area (Å²) in [4.78, 5) is 11.1. The molecule has 0 unspecified atom stereocenters. The maximum atomic E-state index is 12.7. The minimum Gasteiger partial charge on any atom is -0.478 e. The number of hydrogen-bond acceptors (Lipinski definition) is 4. The van der Waals surface area contributed by atoms with Crippen molar-refractivity contribution in [3.05, 3.63) is 17.1 Å². The van der Waals surface area contributed by atoms with Crippen molar-refractivity contribution in [3.63, 3.8) is 0 Å². The van der Waals surface area contributed by atoms with E-state index < -0.39 is 16.0 Å². The lowest BCUT2D eigenvalue weighted by Crippen LogP contribution is -2.35. The molecule has 0 atom stereocenters. The molecule has 1 aromatic rings. The van der Waals surface area contributed by atoms with Crippen molar-refractivity contribution in [2.45, 2.75) is 39.5 Å². The summed E-state index contributed by atoms with van der Waals surface area (Å²) in [5, 5.41) is 9.22. The van der Waals surface area contributed by atoms with Crippen LogP contribution in [0.1, 0.15) is 42.6 Å². The van der Waals surface area contributed by atoms with E-state index in [9.17, 15) is 18.3 Å². The van der Waals surface area contributed by atoms with E-state index >= 15 is 0 Å². The molecule has 6 nitrogen and oxygen atoms in total. The first-order valence-electron chi connectivity index (χ1n) is 6.46. The van der Waals surface area contributed by atoms with Crippen LogP contribution in [0.3, 0.4) is 0 Å². The first-order chi connectivity index (χ1) is 9.12. The number of aromatic carboxylic acids is 1. The lowest BCUT2D eigenvalue weighted by molar-refractivity contribution is 0.0691. The molecule has 0 radical (unpaired) electrons. The zero-order valence-electron chi connectivity index (χ0n) is 12.4. The van der Waals surface area contributed by atoms with Gasteiger partial charge in [-0.25, -0.2) is 13.2 Å². The Balaban J connectivity index is 3.45. The quantitative estimate of drug-likeness (QED) is 0.871. The highest BCUT2D eigenvalue weighted by Crippen LogP contribution is 2.29. The molecule has 0 saturated carbocycles. The summed E-state index contributed by atoms with van der Waals surface area (Å²) in [6.45, 7) is 9.07. The fourth-order valence-electron chi connectivity index (χ4n) is 2.15. The maximum absolute atomic E-state index is 12.7. The fourth-order valence-corrected chi connectivity index (χ4v) is 4.14. The Kier molecular flexibility index (Phi) is 4.99. The summed E-state index contributed by atoms with van der Waals surface area (Å²) in [5.41, 5.74) is -0.273. The summed E-state index contributed by atoms with van der Waals surface area (Å²) >= 11 is 0. The number of furan rings is 1. The van der Waals surface area contributed by atoms with Gasteiger partial charge in [-0.15, -0.1) is 0 Å². The van der Waals surface area contributed by atoms with Gasteiger partial charge in [0.25, 0.3) is 0 Å². The Morgan fingerprint density at radius 1 is 1.30 bits per heavy atom. The number of hydrogen-bond donors (Lipinski definition) is 1. The molecule has 1 rings (SSSR count). The predicted octanol–water partition coefficient (Wildman–Crippen LogP) is 2.26. The number of sulfonamides is 1. The Labute approximate surface area is 119 Å². The molecule has 0 aliphatic carbocycles. The summed E-state index contributed by atoms with van der Waals surface area (Å²) in [7, 11) is -3.87. The van der Waals surface area contributed by atoms with Crippen molar-refractivity contribution >= 4 is 16.0 Å². The first-order valence-corrected chi connectivity index (χ1v) is 7.90. The van der Waals surface area contributed by atoms with Crippen molar-refractivity contribution in [1.82, 2.24) is 4.31 Å². The third-order valence-corrected chi connectivity index (χ3v) is 5.03. The number of aryl methyl sites for hydroxylation is 2. The standard InChI is InChI=1S/C13H21NO5S/c1-6-14(7-8(2)3)20(17,18)12-10(5)19-9(4)11(12)13(15)16/h8H,6-7H2,1-5H3,(H,15,16). The third kappa shape index (κ3) is 3.04. The van der Waals surface area contributed by atoms with Crippen LogP contribution in [0, 0.1) is 19.8 Å². The van der Waals surface area contributed by atoms with Crippen LogP contribution < -0.4 is 0 Å². The Hall–Kier alpha value is -1.34. The summed E-state index contributed by atoms with van der Waals surface area (Å²) in [6, 6.07) is 0. The van der Waals surface area contributed by atoms with E-state index in [-0.39, 0.29) is 34.4 Å². The van der Waals surface area contributed by atoms with Crippen molar-refractivity contribution in [2.24, 2.45) is 5.92 Å². The second-order valence-electron chi connectivity index (χ2n) is 5.07. The molecule has 0 aliphatic heterocycles. The third-order valence-electron chi connectivity index (χ3n) is 2.94. The van der Waals surface area contributed by atoms with Gasteiger partial charge in [0.05, 0.1) is 0 Å². The molecule has 1 aromatic heterocycles. The zero-order chi connectivity index (χ0) is 15.7. The van der Waals surface area contributed by atoms with E-state index in [0.717, 1.165) is 0 Å². The van der Waals surface area contributed by atoms with Crippen molar-refractivity contribution in [3.8, 4) is 0 Å². The van der Waals surface area contributed by atoms with Crippen LogP contribution in [0.4, 0.5) is 0 Å². The van der Waals surface area contributed by atoms with E-state index in [1.165, 1.54) is 18.2 Å². The summed E-state index contributed by atoms with van der Waals surface area (Å²) < 4.78 is 31.8. The zero-order valence-corrected chi connectivity index (χ0v) is 13.2. The molecular weight excluding hydrogens is 282 g/mol. The molecule has 0 fully saturated rings. The Morgan fingerprint density at radius 3 is 2.25 bits per heavy atom. The van der Waals surface area contributed by atoms with Gasteiger partial charge in [0.2, 0.25) is 10.0 Å². The maximum Gasteiger partial charge on any atom is 0.340 e. The monoisotopic (exact) mass is 303 g/mol. The van der Waals surface area contributed by atoms with Gasteiger partial charge < -0.3 is 9.52 Å². The molecule has 1 heterocycles. The molecule has 1 N–H and O–H groups in total. The molecule has 114 valence electrons. The van der Waals surface area contributed by atoms with E-state index in [2.05, 4.69) is 0 Å². The van der Waals surface area contributed by atoms with Crippen molar-refractivity contribution < 1.29 is 22.7 Å². The number of carboxylic acids is 1. The smallest absolute Gasteiger partial charge is 0.340 e. The van der Waals surface area contributed by atoms with Gasteiger partial charge in [-0.2, -0.15) is 4.31 Å². The van der Waals surface area contributed by atoms with E-state index in [1.54, 1.807) is 6.92 Å². The molecule has 0 bridgehead atoms. The lowest BCUT2D eigenvalue weighted by atomic mass is 10.2. The largest absolute Gasteiger partial charge is 0.478 e. The second-order valence-corrected chi connectivity index (χ2v) is 6.95. The van der Waals surface area contributed by atoms with Crippen LogP contribution >= 0.6 is 0 Å². The van der Waals surface area contributed by atoms with Crippen LogP contribution in [0.15, 0.2) is 9.31 Å². The molecule has 0 saturated heterocycles. The van der Waals surface area contributed by atoms with Gasteiger partial charge >= 0.3 is 5.97 Å². The second kappa shape index (κ2) is 5.97. The summed E-state index contributed by atoms with van der Waals surface area (Å²) in [5.74, 6) is -0.930. The number of nitrogens with zero attached hydrogens (tertiary/aromatic N) is 1.